The van der Waals surface area contributed by atoms with E-state index in [-0.39, 0.29) is 17.9 Å². The second kappa shape index (κ2) is 7.88. The van der Waals surface area contributed by atoms with Crippen molar-refractivity contribution in [1.29, 1.82) is 0 Å². The van der Waals surface area contributed by atoms with Crippen LogP contribution in [0.4, 0.5) is 0 Å². The molecular weight excluding hydrogens is 314 g/mol. The maximum Gasteiger partial charge on any atom is 0.220 e. The highest BCUT2D eigenvalue weighted by Gasteiger charge is 2.23. The van der Waals surface area contributed by atoms with Crippen LogP contribution in [0.1, 0.15) is 44.2 Å². The van der Waals surface area contributed by atoms with E-state index in [1.165, 1.54) is 0 Å². The summed E-state index contributed by atoms with van der Waals surface area (Å²) in [7, 11) is 0. The quantitative estimate of drug-likeness (QED) is 0.719. The molecule has 0 fully saturated rings. The molecule has 0 spiro atoms. The number of hydrogen-bond donors (Lipinski definition) is 1. The van der Waals surface area contributed by atoms with Gasteiger partial charge in [-0.15, -0.1) is 10.2 Å². The van der Waals surface area contributed by atoms with Crippen LogP contribution in [0.3, 0.4) is 0 Å². The van der Waals surface area contributed by atoms with Gasteiger partial charge in [-0.25, -0.2) is 0 Å². The standard InChI is InChI=1S/C19H23N5O/c1-14(2)18(19-23-22-16-10-4-6-13-24(16)19)21-17(25)11-7-9-15-8-3-5-12-20-15/h3-6,8,10,12-14,18H,7,9,11H2,1-2H3,(H,21,25). The molecule has 0 aliphatic carbocycles. The first-order chi connectivity index (χ1) is 12.1. The predicted molar refractivity (Wildman–Crippen MR) is 95.9 cm³/mol. The molecule has 1 amide bonds. The summed E-state index contributed by atoms with van der Waals surface area (Å²) in [5.41, 5.74) is 1.80. The molecule has 3 aromatic heterocycles. The molecular formula is C19H23N5O. The topological polar surface area (TPSA) is 72.2 Å². The normalized spacial score (nSPS) is 12.4. The number of nitrogens with one attached hydrogen (secondary N) is 1. The Bertz CT molecular complexity index is 828. The van der Waals surface area contributed by atoms with Gasteiger partial charge in [-0.1, -0.05) is 26.0 Å². The zero-order valence-electron chi connectivity index (χ0n) is 14.6. The molecule has 25 heavy (non-hydrogen) atoms. The number of aromatic nitrogens is 4. The molecule has 0 saturated carbocycles. The number of carbonyl (C=O) groups is 1. The summed E-state index contributed by atoms with van der Waals surface area (Å²) in [4.78, 5) is 16.7. The number of rotatable bonds is 7. The lowest BCUT2D eigenvalue weighted by molar-refractivity contribution is -0.122. The fraction of sp³-hybridized carbons (Fsp3) is 0.368. The summed E-state index contributed by atoms with van der Waals surface area (Å²) in [5.74, 6) is 1.01. The van der Waals surface area contributed by atoms with Gasteiger partial charge in [0.2, 0.25) is 5.91 Å². The summed E-state index contributed by atoms with van der Waals surface area (Å²) in [5, 5.41) is 11.6. The number of carbonyl (C=O) groups excluding carboxylic acids is 1. The minimum absolute atomic E-state index is 0.0299. The van der Waals surface area contributed by atoms with E-state index in [1.54, 1.807) is 6.20 Å². The third-order valence-corrected chi connectivity index (χ3v) is 4.16. The van der Waals surface area contributed by atoms with Gasteiger partial charge in [-0.2, -0.15) is 0 Å². The molecule has 6 nitrogen and oxygen atoms in total. The molecule has 3 heterocycles. The average Bonchev–Trinajstić information content (AvgIpc) is 3.04. The fourth-order valence-electron chi connectivity index (χ4n) is 2.82. The number of fused-ring (bicyclic) bond motifs is 1. The van der Waals surface area contributed by atoms with Gasteiger partial charge in [-0.05, 0) is 43.0 Å². The molecule has 0 aliphatic heterocycles. The van der Waals surface area contributed by atoms with E-state index in [4.69, 9.17) is 0 Å². The predicted octanol–water partition coefficient (Wildman–Crippen LogP) is 2.96. The zero-order valence-corrected chi connectivity index (χ0v) is 14.6. The van der Waals surface area contributed by atoms with E-state index in [0.717, 1.165) is 30.0 Å². The minimum Gasteiger partial charge on any atom is -0.346 e. The highest BCUT2D eigenvalue weighted by Crippen LogP contribution is 2.21. The summed E-state index contributed by atoms with van der Waals surface area (Å²) >= 11 is 0. The van der Waals surface area contributed by atoms with Gasteiger partial charge in [0.25, 0.3) is 0 Å². The lowest BCUT2D eigenvalue weighted by Gasteiger charge is -2.21. The van der Waals surface area contributed by atoms with Gasteiger partial charge in [0, 0.05) is 24.5 Å². The molecule has 1 unspecified atom stereocenters. The van der Waals surface area contributed by atoms with E-state index >= 15 is 0 Å². The lowest BCUT2D eigenvalue weighted by Crippen LogP contribution is -2.33. The Hall–Kier alpha value is -2.76. The summed E-state index contributed by atoms with van der Waals surface area (Å²) in [6, 6.07) is 11.4. The van der Waals surface area contributed by atoms with Gasteiger partial charge < -0.3 is 5.32 Å². The van der Waals surface area contributed by atoms with Gasteiger partial charge in [-0.3, -0.25) is 14.2 Å². The molecule has 0 bridgehead atoms. The molecule has 0 saturated heterocycles. The maximum atomic E-state index is 12.4. The van der Waals surface area contributed by atoms with Crippen LogP contribution >= 0.6 is 0 Å². The minimum atomic E-state index is -0.167. The molecule has 0 radical (unpaired) electrons. The molecule has 0 aromatic carbocycles. The number of hydrogen-bond acceptors (Lipinski definition) is 4. The SMILES string of the molecule is CC(C)C(NC(=O)CCCc1ccccn1)c1nnc2ccccn12. The second-order valence-electron chi connectivity index (χ2n) is 6.45. The first-order valence-corrected chi connectivity index (χ1v) is 8.64. The van der Waals surface area contributed by atoms with Crippen LogP contribution in [-0.2, 0) is 11.2 Å². The van der Waals surface area contributed by atoms with Crippen LogP contribution in [0.25, 0.3) is 5.65 Å². The summed E-state index contributed by atoms with van der Waals surface area (Å²) < 4.78 is 1.93. The van der Waals surface area contributed by atoms with Crippen molar-refractivity contribution in [2.24, 2.45) is 5.92 Å². The average molecular weight is 337 g/mol. The molecule has 130 valence electrons. The van der Waals surface area contributed by atoms with Crippen LogP contribution in [0.15, 0.2) is 48.8 Å². The first kappa shape index (κ1) is 17.1. The van der Waals surface area contributed by atoms with Crippen molar-refractivity contribution < 1.29 is 4.79 Å². The van der Waals surface area contributed by atoms with Crippen LogP contribution in [0.5, 0.6) is 0 Å². The van der Waals surface area contributed by atoms with Crippen LogP contribution in [-0.4, -0.2) is 25.5 Å². The Labute approximate surface area is 147 Å². The van der Waals surface area contributed by atoms with Gasteiger partial charge in [0.15, 0.2) is 11.5 Å². The van der Waals surface area contributed by atoms with Gasteiger partial charge in [0.05, 0.1) is 6.04 Å². The van der Waals surface area contributed by atoms with Crippen molar-refractivity contribution in [3.05, 3.63) is 60.3 Å². The molecule has 6 heteroatoms. The zero-order chi connectivity index (χ0) is 17.6. The third-order valence-electron chi connectivity index (χ3n) is 4.16. The van der Waals surface area contributed by atoms with Crippen LogP contribution in [0, 0.1) is 5.92 Å². The molecule has 0 aliphatic rings. The lowest BCUT2D eigenvalue weighted by atomic mass is 10.0. The Morgan fingerprint density at radius 3 is 2.76 bits per heavy atom. The molecule has 1 N–H and O–H groups in total. The van der Waals surface area contributed by atoms with Gasteiger partial charge >= 0.3 is 0 Å². The van der Waals surface area contributed by atoms with Crippen molar-refractivity contribution in [2.75, 3.05) is 0 Å². The Kier molecular flexibility index (Phi) is 5.38. The van der Waals surface area contributed by atoms with Crippen molar-refractivity contribution in [2.45, 2.75) is 39.2 Å². The number of aryl methyl sites for hydroxylation is 1. The summed E-state index contributed by atoms with van der Waals surface area (Å²) in [6.07, 6.45) is 5.74. The fourth-order valence-corrected chi connectivity index (χ4v) is 2.82. The number of nitrogens with zero attached hydrogens (tertiary/aromatic N) is 4. The molecule has 3 rings (SSSR count). The highest BCUT2D eigenvalue weighted by molar-refractivity contribution is 5.76. The monoisotopic (exact) mass is 337 g/mol. The highest BCUT2D eigenvalue weighted by atomic mass is 16.1. The van der Waals surface area contributed by atoms with E-state index in [2.05, 4.69) is 34.3 Å². The Balaban J connectivity index is 1.63. The first-order valence-electron chi connectivity index (χ1n) is 8.64. The van der Waals surface area contributed by atoms with Crippen LogP contribution in [0.2, 0.25) is 0 Å². The third kappa shape index (κ3) is 4.21. The smallest absolute Gasteiger partial charge is 0.220 e. The van der Waals surface area contributed by atoms with E-state index < -0.39 is 0 Å². The van der Waals surface area contributed by atoms with Crippen molar-refractivity contribution in [1.82, 2.24) is 24.9 Å². The van der Waals surface area contributed by atoms with E-state index in [0.29, 0.717) is 6.42 Å². The second-order valence-corrected chi connectivity index (χ2v) is 6.45. The van der Waals surface area contributed by atoms with Crippen LogP contribution < -0.4 is 5.32 Å². The largest absolute Gasteiger partial charge is 0.346 e. The Morgan fingerprint density at radius 1 is 1.16 bits per heavy atom. The van der Waals surface area contributed by atoms with Gasteiger partial charge in [0.1, 0.15) is 0 Å². The number of amides is 1. The molecule has 1 atom stereocenters. The molecule has 3 aromatic rings. The Morgan fingerprint density at radius 2 is 2.00 bits per heavy atom. The van der Waals surface area contributed by atoms with Crippen molar-refractivity contribution in [3.8, 4) is 0 Å². The van der Waals surface area contributed by atoms with E-state index in [9.17, 15) is 4.79 Å². The maximum absolute atomic E-state index is 12.4. The van der Waals surface area contributed by atoms with Crippen molar-refractivity contribution >= 4 is 11.6 Å². The summed E-state index contributed by atoms with van der Waals surface area (Å²) in [6.45, 7) is 4.14. The number of pyridine rings is 2. The van der Waals surface area contributed by atoms with E-state index in [1.807, 2.05) is 47.0 Å². The van der Waals surface area contributed by atoms with Crippen molar-refractivity contribution in [3.63, 3.8) is 0 Å².